The molecule has 6 heteroatoms. The number of amides is 1. The van der Waals surface area contributed by atoms with Gasteiger partial charge in [0.1, 0.15) is 0 Å². The average molecular weight is 384 g/mol. The first-order valence-corrected chi connectivity index (χ1v) is 10.3. The van der Waals surface area contributed by atoms with Crippen molar-refractivity contribution in [2.75, 3.05) is 12.3 Å². The molecule has 0 aliphatic carbocycles. The zero-order chi connectivity index (χ0) is 19.4. The van der Waals surface area contributed by atoms with Crippen LogP contribution in [0, 0.1) is 5.92 Å². The second-order valence-corrected chi connectivity index (χ2v) is 7.92. The summed E-state index contributed by atoms with van der Waals surface area (Å²) in [6.07, 6.45) is 0.956. The van der Waals surface area contributed by atoms with Crippen molar-refractivity contribution in [3.05, 3.63) is 46.8 Å². The van der Waals surface area contributed by atoms with Crippen molar-refractivity contribution in [2.45, 2.75) is 38.9 Å². The Kier molecular flexibility index (Phi) is 6.16. The molecule has 0 bridgehead atoms. The Morgan fingerprint density at radius 2 is 1.93 bits per heavy atom. The van der Waals surface area contributed by atoms with E-state index in [1.807, 2.05) is 43.3 Å². The Balaban J connectivity index is 1.87. The molecule has 0 aliphatic heterocycles. The Morgan fingerprint density at radius 3 is 2.59 bits per heavy atom. The number of benzene rings is 2. The topological polar surface area (TPSA) is 64.0 Å². The number of rotatable bonds is 7. The Morgan fingerprint density at radius 1 is 1.22 bits per heavy atom. The molecule has 3 aromatic rings. The highest BCUT2D eigenvalue weighted by Gasteiger charge is 2.13. The van der Waals surface area contributed by atoms with Gasteiger partial charge in [-0.1, -0.05) is 49.9 Å². The maximum atomic E-state index is 12.9. The molecule has 0 radical (unpaired) electrons. The predicted octanol–water partition coefficient (Wildman–Crippen LogP) is 3.82. The van der Waals surface area contributed by atoms with Crippen LogP contribution in [0.3, 0.4) is 0 Å². The van der Waals surface area contributed by atoms with Crippen LogP contribution in [-0.2, 0) is 11.3 Å². The molecule has 2 aromatic carbocycles. The monoisotopic (exact) mass is 383 g/mol. The molecule has 0 aliphatic rings. The largest absolute Gasteiger partial charge is 0.355 e. The second kappa shape index (κ2) is 8.57. The van der Waals surface area contributed by atoms with Gasteiger partial charge in [-0.25, -0.2) is 4.98 Å². The molecule has 5 nitrogen and oxygen atoms in total. The van der Waals surface area contributed by atoms with Crippen LogP contribution < -0.4 is 10.9 Å². The van der Waals surface area contributed by atoms with Crippen LogP contribution in [0.5, 0.6) is 0 Å². The van der Waals surface area contributed by atoms with Gasteiger partial charge < -0.3 is 5.32 Å². The van der Waals surface area contributed by atoms with Crippen molar-refractivity contribution in [1.29, 1.82) is 0 Å². The van der Waals surface area contributed by atoms with E-state index in [9.17, 15) is 9.59 Å². The maximum absolute atomic E-state index is 12.9. The van der Waals surface area contributed by atoms with Gasteiger partial charge in [-0.3, -0.25) is 14.2 Å². The second-order valence-electron chi connectivity index (χ2n) is 6.98. The standard InChI is InChI=1S/C21H25N3O2S/c1-4-24-20(26)17-11-15-7-5-6-8-16(15)12-18(17)23-21(24)27-13-19(25)22-10-9-14(2)3/h5-8,11-12,14H,4,9-10,13H2,1-3H3,(H,22,25). The van der Waals surface area contributed by atoms with Crippen LogP contribution >= 0.6 is 11.8 Å². The number of aromatic nitrogens is 2. The van der Waals surface area contributed by atoms with E-state index in [1.54, 1.807) is 4.57 Å². The number of nitrogens with one attached hydrogen (secondary N) is 1. The van der Waals surface area contributed by atoms with Gasteiger partial charge in [-0.15, -0.1) is 0 Å². The first-order valence-electron chi connectivity index (χ1n) is 9.32. The molecule has 0 atom stereocenters. The number of carbonyl (C=O) groups excluding carboxylic acids is 1. The van der Waals surface area contributed by atoms with E-state index < -0.39 is 0 Å². The number of fused-ring (bicyclic) bond motifs is 2. The number of carbonyl (C=O) groups is 1. The lowest BCUT2D eigenvalue weighted by atomic mass is 10.1. The van der Waals surface area contributed by atoms with E-state index >= 15 is 0 Å². The third kappa shape index (κ3) is 4.50. The lowest BCUT2D eigenvalue weighted by Crippen LogP contribution is -2.28. The van der Waals surface area contributed by atoms with E-state index in [1.165, 1.54) is 11.8 Å². The Labute approximate surface area is 163 Å². The summed E-state index contributed by atoms with van der Waals surface area (Å²) < 4.78 is 1.64. The van der Waals surface area contributed by atoms with E-state index in [0.29, 0.717) is 35.1 Å². The van der Waals surface area contributed by atoms with E-state index in [4.69, 9.17) is 0 Å². The molecule has 1 aromatic heterocycles. The minimum Gasteiger partial charge on any atom is -0.355 e. The molecule has 142 valence electrons. The summed E-state index contributed by atoms with van der Waals surface area (Å²) in [6, 6.07) is 11.8. The smallest absolute Gasteiger partial charge is 0.262 e. The molecule has 3 rings (SSSR count). The lowest BCUT2D eigenvalue weighted by Gasteiger charge is -2.12. The zero-order valence-electron chi connectivity index (χ0n) is 16.0. The first-order chi connectivity index (χ1) is 13.0. The van der Waals surface area contributed by atoms with Crippen molar-refractivity contribution in [1.82, 2.24) is 14.9 Å². The summed E-state index contributed by atoms with van der Waals surface area (Å²) in [7, 11) is 0. The molecule has 0 unspecified atom stereocenters. The molecular formula is C21H25N3O2S. The van der Waals surface area contributed by atoms with Gasteiger partial charge >= 0.3 is 0 Å². The zero-order valence-corrected chi connectivity index (χ0v) is 16.8. The van der Waals surface area contributed by atoms with Crippen LogP contribution in [0.4, 0.5) is 0 Å². The number of nitrogens with zero attached hydrogens (tertiary/aromatic N) is 2. The lowest BCUT2D eigenvalue weighted by molar-refractivity contribution is -0.118. The van der Waals surface area contributed by atoms with Crippen molar-refractivity contribution in [2.24, 2.45) is 5.92 Å². The molecule has 0 spiro atoms. The third-order valence-electron chi connectivity index (χ3n) is 4.48. The molecule has 1 N–H and O–H groups in total. The van der Waals surface area contributed by atoms with Crippen molar-refractivity contribution in [3.63, 3.8) is 0 Å². The van der Waals surface area contributed by atoms with Crippen molar-refractivity contribution in [3.8, 4) is 0 Å². The summed E-state index contributed by atoms with van der Waals surface area (Å²) >= 11 is 1.31. The minimum absolute atomic E-state index is 0.0313. The molecule has 0 fully saturated rings. The fourth-order valence-corrected chi connectivity index (χ4v) is 3.85. The Bertz CT molecular complexity index is 1030. The van der Waals surface area contributed by atoms with Gasteiger partial charge in [0.05, 0.1) is 16.7 Å². The highest BCUT2D eigenvalue weighted by molar-refractivity contribution is 7.99. The molecule has 0 saturated heterocycles. The van der Waals surface area contributed by atoms with E-state index in [2.05, 4.69) is 24.1 Å². The molecule has 27 heavy (non-hydrogen) atoms. The Hall–Kier alpha value is -2.34. The normalized spacial score (nSPS) is 11.4. The van der Waals surface area contributed by atoms with Crippen LogP contribution in [0.1, 0.15) is 27.2 Å². The van der Waals surface area contributed by atoms with Crippen LogP contribution in [0.2, 0.25) is 0 Å². The van der Waals surface area contributed by atoms with Crippen LogP contribution in [0.25, 0.3) is 21.7 Å². The fraction of sp³-hybridized carbons (Fsp3) is 0.381. The van der Waals surface area contributed by atoms with E-state index in [0.717, 1.165) is 17.2 Å². The number of hydrogen-bond donors (Lipinski definition) is 1. The molecular weight excluding hydrogens is 358 g/mol. The highest BCUT2D eigenvalue weighted by Crippen LogP contribution is 2.22. The number of hydrogen-bond acceptors (Lipinski definition) is 4. The summed E-state index contributed by atoms with van der Waals surface area (Å²) in [6.45, 7) is 7.37. The predicted molar refractivity (Wildman–Crippen MR) is 112 cm³/mol. The van der Waals surface area contributed by atoms with Crippen molar-refractivity contribution < 1.29 is 4.79 Å². The van der Waals surface area contributed by atoms with Gasteiger partial charge in [-0.2, -0.15) is 0 Å². The average Bonchev–Trinajstić information content (AvgIpc) is 2.65. The summed E-state index contributed by atoms with van der Waals surface area (Å²) in [5.74, 6) is 0.778. The minimum atomic E-state index is -0.0593. The summed E-state index contributed by atoms with van der Waals surface area (Å²) in [5, 5.41) is 6.20. The van der Waals surface area contributed by atoms with Gasteiger partial charge in [0.25, 0.3) is 5.56 Å². The SMILES string of the molecule is CCn1c(SCC(=O)NCCC(C)C)nc2cc3ccccc3cc2c1=O. The third-order valence-corrected chi connectivity index (χ3v) is 5.46. The van der Waals surface area contributed by atoms with Crippen LogP contribution in [0.15, 0.2) is 46.3 Å². The van der Waals surface area contributed by atoms with E-state index in [-0.39, 0.29) is 17.2 Å². The highest BCUT2D eigenvalue weighted by atomic mass is 32.2. The van der Waals surface area contributed by atoms with Gasteiger partial charge in [0.2, 0.25) is 5.91 Å². The fourth-order valence-electron chi connectivity index (χ4n) is 2.96. The van der Waals surface area contributed by atoms with Crippen LogP contribution in [-0.4, -0.2) is 27.8 Å². The molecule has 1 heterocycles. The first kappa shape index (κ1) is 19.4. The quantitative estimate of drug-likeness (QED) is 0.383. The van der Waals surface area contributed by atoms with Gasteiger partial charge in [-0.05, 0) is 42.2 Å². The molecule has 1 amide bonds. The van der Waals surface area contributed by atoms with Crippen molar-refractivity contribution >= 4 is 39.3 Å². The van der Waals surface area contributed by atoms with Gasteiger partial charge in [0.15, 0.2) is 5.16 Å². The summed E-state index contributed by atoms with van der Waals surface area (Å²) in [4.78, 5) is 29.7. The van der Waals surface area contributed by atoms with Gasteiger partial charge in [0, 0.05) is 13.1 Å². The number of thioether (sulfide) groups is 1. The molecule has 0 saturated carbocycles. The maximum Gasteiger partial charge on any atom is 0.262 e. The summed E-state index contributed by atoms with van der Waals surface area (Å²) in [5.41, 5.74) is 0.613.